The molecule has 0 atom stereocenters. The van der Waals surface area contributed by atoms with E-state index in [0.717, 1.165) is 16.9 Å². The molecular formula is C16H14N2O2. The van der Waals surface area contributed by atoms with Gasteiger partial charge in [-0.2, -0.15) is 5.26 Å². The van der Waals surface area contributed by atoms with Crippen molar-refractivity contribution in [1.29, 1.82) is 5.26 Å². The summed E-state index contributed by atoms with van der Waals surface area (Å²) >= 11 is 0. The standard InChI is InChI=1S/C16H14N2O2/c1-12-4-2-3-5-16(12)20-11-13-6-8-14(9-7-13)15(10-17)18-19/h2-9,19H,11H2,1H3. The van der Waals surface area contributed by atoms with Crippen molar-refractivity contribution in [3.8, 4) is 11.8 Å². The Hall–Kier alpha value is -2.80. The van der Waals surface area contributed by atoms with Gasteiger partial charge in [0.25, 0.3) is 0 Å². The molecule has 0 unspecified atom stereocenters. The lowest BCUT2D eigenvalue weighted by Gasteiger charge is -2.09. The van der Waals surface area contributed by atoms with Crippen LogP contribution in [-0.2, 0) is 6.61 Å². The van der Waals surface area contributed by atoms with Crippen molar-refractivity contribution in [3.05, 3.63) is 65.2 Å². The van der Waals surface area contributed by atoms with Crippen LogP contribution in [0.1, 0.15) is 16.7 Å². The van der Waals surface area contributed by atoms with E-state index in [4.69, 9.17) is 15.2 Å². The number of ether oxygens (including phenoxy) is 1. The fourth-order valence-electron chi connectivity index (χ4n) is 1.78. The third-order valence-electron chi connectivity index (χ3n) is 2.92. The number of oxime groups is 1. The molecule has 2 aromatic carbocycles. The SMILES string of the molecule is Cc1ccccc1OCc1ccc(C(C#N)=NO)cc1. The van der Waals surface area contributed by atoms with Crippen LogP contribution in [0.15, 0.2) is 53.7 Å². The van der Waals surface area contributed by atoms with Crippen molar-refractivity contribution in [1.82, 2.24) is 0 Å². The van der Waals surface area contributed by atoms with Crippen LogP contribution in [0.5, 0.6) is 5.75 Å². The monoisotopic (exact) mass is 266 g/mol. The van der Waals surface area contributed by atoms with Crippen molar-refractivity contribution in [3.63, 3.8) is 0 Å². The lowest BCUT2D eigenvalue weighted by atomic mass is 10.1. The average Bonchev–Trinajstić information content (AvgIpc) is 2.49. The summed E-state index contributed by atoms with van der Waals surface area (Å²) in [6.07, 6.45) is 0. The van der Waals surface area contributed by atoms with E-state index in [1.165, 1.54) is 0 Å². The van der Waals surface area contributed by atoms with Gasteiger partial charge in [-0.15, -0.1) is 0 Å². The fourth-order valence-corrected chi connectivity index (χ4v) is 1.78. The molecule has 20 heavy (non-hydrogen) atoms. The van der Waals surface area contributed by atoms with Gasteiger partial charge in [-0.05, 0) is 24.1 Å². The second kappa shape index (κ2) is 6.39. The van der Waals surface area contributed by atoms with E-state index in [0.29, 0.717) is 12.2 Å². The Labute approximate surface area is 117 Å². The normalized spacial score (nSPS) is 10.9. The molecule has 0 saturated carbocycles. The smallest absolute Gasteiger partial charge is 0.186 e. The summed E-state index contributed by atoms with van der Waals surface area (Å²) in [4.78, 5) is 0. The summed E-state index contributed by atoms with van der Waals surface area (Å²) in [6, 6.07) is 16.8. The van der Waals surface area contributed by atoms with E-state index in [9.17, 15) is 0 Å². The average molecular weight is 266 g/mol. The number of nitriles is 1. The zero-order valence-corrected chi connectivity index (χ0v) is 11.1. The number of hydrogen-bond donors (Lipinski definition) is 1. The number of benzene rings is 2. The van der Waals surface area contributed by atoms with Gasteiger partial charge in [0.2, 0.25) is 0 Å². The van der Waals surface area contributed by atoms with Crippen molar-refractivity contribution >= 4 is 5.71 Å². The molecule has 0 aliphatic rings. The third kappa shape index (κ3) is 3.15. The van der Waals surface area contributed by atoms with Crippen LogP contribution in [0, 0.1) is 18.3 Å². The highest BCUT2D eigenvalue weighted by molar-refractivity contribution is 6.11. The summed E-state index contributed by atoms with van der Waals surface area (Å²) in [6.45, 7) is 2.44. The maximum Gasteiger partial charge on any atom is 0.186 e. The first-order chi connectivity index (χ1) is 9.74. The number of rotatable bonds is 4. The maximum atomic E-state index is 8.77. The molecule has 100 valence electrons. The molecule has 0 spiro atoms. The van der Waals surface area contributed by atoms with Crippen LogP contribution in [0.2, 0.25) is 0 Å². The van der Waals surface area contributed by atoms with E-state index in [1.54, 1.807) is 12.1 Å². The molecule has 0 fully saturated rings. The van der Waals surface area contributed by atoms with Crippen molar-refractivity contribution in [2.24, 2.45) is 5.16 Å². The summed E-state index contributed by atoms with van der Waals surface area (Å²) in [5.74, 6) is 0.853. The Morgan fingerprint density at radius 3 is 2.50 bits per heavy atom. The second-order valence-corrected chi connectivity index (χ2v) is 4.31. The van der Waals surface area contributed by atoms with E-state index in [1.807, 2.05) is 49.4 Å². The zero-order valence-electron chi connectivity index (χ0n) is 11.1. The molecule has 0 aliphatic heterocycles. The Balaban J connectivity index is 2.05. The molecule has 0 heterocycles. The highest BCUT2D eigenvalue weighted by Crippen LogP contribution is 2.18. The van der Waals surface area contributed by atoms with E-state index in [2.05, 4.69) is 5.16 Å². The molecular weight excluding hydrogens is 252 g/mol. The molecule has 4 heteroatoms. The van der Waals surface area contributed by atoms with Crippen molar-refractivity contribution in [2.75, 3.05) is 0 Å². The fraction of sp³-hybridized carbons (Fsp3) is 0.125. The Kier molecular flexibility index (Phi) is 4.35. The predicted molar refractivity (Wildman–Crippen MR) is 75.9 cm³/mol. The van der Waals surface area contributed by atoms with Crippen LogP contribution in [0.4, 0.5) is 0 Å². The zero-order chi connectivity index (χ0) is 14.4. The van der Waals surface area contributed by atoms with Gasteiger partial charge in [0.05, 0.1) is 0 Å². The molecule has 0 aliphatic carbocycles. The summed E-state index contributed by atoms with van der Waals surface area (Å²) in [5.41, 5.74) is 2.64. The minimum Gasteiger partial charge on any atom is -0.489 e. The molecule has 1 N–H and O–H groups in total. The van der Waals surface area contributed by atoms with E-state index >= 15 is 0 Å². The Morgan fingerprint density at radius 1 is 1.20 bits per heavy atom. The lowest BCUT2D eigenvalue weighted by molar-refractivity contribution is 0.304. The number of nitrogens with zero attached hydrogens (tertiary/aromatic N) is 2. The quantitative estimate of drug-likeness (QED) is 0.524. The first kappa shape index (κ1) is 13.6. The Morgan fingerprint density at radius 2 is 1.90 bits per heavy atom. The molecule has 0 saturated heterocycles. The van der Waals surface area contributed by atoms with Crippen LogP contribution in [0.25, 0.3) is 0 Å². The molecule has 0 radical (unpaired) electrons. The minimum absolute atomic E-state index is 0.00336. The topological polar surface area (TPSA) is 65.6 Å². The Bertz CT molecular complexity index is 655. The molecule has 2 aromatic rings. The van der Waals surface area contributed by atoms with Crippen LogP contribution in [0.3, 0.4) is 0 Å². The number of para-hydroxylation sites is 1. The number of hydrogen-bond acceptors (Lipinski definition) is 4. The summed E-state index contributed by atoms with van der Waals surface area (Å²) in [5, 5.41) is 20.4. The molecule has 0 aromatic heterocycles. The van der Waals surface area contributed by atoms with Gasteiger partial charge >= 0.3 is 0 Å². The van der Waals surface area contributed by atoms with Gasteiger partial charge in [0, 0.05) is 5.56 Å². The largest absolute Gasteiger partial charge is 0.489 e. The van der Waals surface area contributed by atoms with Crippen molar-refractivity contribution < 1.29 is 9.94 Å². The summed E-state index contributed by atoms with van der Waals surface area (Å²) < 4.78 is 5.73. The van der Waals surface area contributed by atoms with Crippen LogP contribution < -0.4 is 4.74 Å². The van der Waals surface area contributed by atoms with E-state index < -0.39 is 0 Å². The van der Waals surface area contributed by atoms with Crippen LogP contribution >= 0.6 is 0 Å². The maximum absolute atomic E-state index is 8.77. The van der Waals surface area contributed by atoms with E-state index in [-0.39, 0.29) is 5.71 Å². The second-order valence-electron chi connectivity index (χ2n) is 4.31. The molecule has 0 amide bonds. The van der Waals surface area contributed by atoms with Crippen molar-refractivity contribution in [2.45, 2.75) is 13.5 Å². The highest BCUT2D eigenvalue weighted by atomic mass is 16.5. The molecule has 2 rings (SSSR count). The molecule has 0 bridgehead atoms. The first-order valence-electron chi connectivity index (χ1n) is 6.14. The molecule has 4 nitrogen and oxygen atoms in total. The van der Waals surface area contributed by atoms with Gasteiger partial charge in [0.15, 0.2) is 5.71 Å². The van der Waals surface area contributed by atoms with Gasteiger partial charge < -0.3 is 9.94 Å². The first-order valence-corrected chi connectivity index (χ1v) is 6.14. The third-order valence-corrected chi connectivity index (χ3v) is 2.92. The lowest BCUT2D eigenvalue weighted by Crippen LogP contribution is -2.00. The minimum atomic E-state index is -0.00336. The predicted octanol–water partition coefficient (Wildman–Crippen LogP) is 3.28. The van der Waals surface area contributed by atoms with Gasteiger partial charge in [-0.3, -0.25) is 0 Å². The van der Waals surface area contributed by atoms with Crippen LogP contribution in [-0.4, -0.2) is 10.9 Å². The summed E-state index contributed by atoms with van der Waals surface area (Å²) in [7, 11) is 0. The van der Waals surface area contributed by atoms with Gasteiger partial charge in [-0.25, -0.2) is 0 Å². The van der Waals surface area contributed by atoms with Gasteiger partial charge in [-0.1, -0.05) is 47.6 Å². The highest BCUT2D eigenvalue weighted by Gasteiger charge is 2.03. The van der Waals surface area contributed by atoms with Gasteiger partial charge in [0.1, 0.15) is 18.4 Å². The number of aryl methyl sites for hydroxylation is 1.